The highest BCUT2D eigenvalue weighted by atomic mass is 32.2. The molecule has 0 fully saturated rings. The SMILES string of the molecule is CN(CC(=O)Nc1ccccc1C(F)(F)F)C(=O)CSc1cccc[n+]1[O-]. The van der Waals surface area contributed by atoms with Crippen molar-refractivity contribution in [3.05, 3.63) is 59.4 Å². The Labute approximate surface area is 157 Å². The quantitative estimate of drug-likeness (QED) is 0.460. The summed E-state index contributed by atoms with van der Waals surface area (Å²) in [5, 5.41) is 14.0. The van der Waals surface area contributed by atoms with E-state index in [0.717, 1.165) is 28.8 Å². The number of carbonyl (C=O) groups excluding carboxylic acids is 2. The number of nitrogens with zero attached hydrogens (tertiary/aromatic N) is 2. The number of hydrogen-bond donors (Lipinski definition) is 1. The molecule has 6 nitrogen and oxygen atoms in total. The van der Waals surface area contributed by atoms with Gasteiger partial charge in [-0.25, -0.2) is 0 Å². The first-order chi connectivity index (χ1) is 12.7. The second kappa shape index (κ2) is 8.76. The summed E-state index contributed by atoms with van der Waals surface area (Å²) in [7, 11) is 1.36. The molecule has 1 aromatic heterocycles. The zero-order valence-electron chi connectivity index (χ0n) is 14.2. The van der Waals surface area contributed by atoms with Gasteiger partial charge in [-0.3, -0.25) is 9.59 Å². The smallest absolute Gasteiger partial charge is 0.418 e. The number of carbonyl (C=O) groups is 2. The Morgan fingerprint density at radius 3 is 2.52 bits per heavy atom. The number of anilines is 1. The van der Waals surface area contributed by atoms with Crippen LogP contribution in [0.5, 0.6) is 0 Å². The molecule has 0 spiro atoms. The van der Waals surface area contributed by atoms with Crippen LogP contribution in [0.1, 0.15) is 5.56 Å². The summed E-state index contributed by atoms with van der Waals surface area (Å²) in [6.07, 6.45) is -3.31. The molecule has 2 aromatic rings. The van der Waals surface area contributed by atoms with Gasteiger partial charge in [-0.2, -0.15) is 17.9 Å². The van der Waals surface area contributed by atoms with Gasteiger partial charge in [0.05, 0.1) is 23.5 Å². The van der Waals surface area contributed by atoms with Crippen LogP contribution >= 0.6 is 11.8 Å². The van der Waals surface area contributed by atoms with Gasteiger partial charge in [-0.1, -0.05) is 12.1 Å². The molecule has 27 heavy (non-hydrogen) atoms. The maximum Gasteiger partial charge on any atom is 0.418 e. The van der Waals surface area contributed by atoms with Gasteiger partial charge in [0.15, 0.2) is 6.20 Å². The van der Waals surface area contributed by atoms with Crippen molar-refractivity contribution in [2.75, 3.05) is 24.7 Å². The Morgan fingerprint density at radius 1 is 1.19 bits per heavy atom. The Morgan fingerprint density at radius 2 is 1.85 bits per heavy atom. The maximum absolute atomic E-state index is 12.9. The van der Waals surface area contributed by atoms with Crippen LogP contribution in [-0.4, -0.2) is 36.1 Å². The Hall–Kier alpha value is -2.75. The van der Waals surface area contributed by atoms with Crippen molar-refractivity contribution in [1.82, 2.24) is 4.90 Å². The number of pyridine rings is 1. The van der Waals surface area contributed by atoms with E-state index in [1.165, 1.54) is 25.4 Å². The van der Waals surface area contributed by atoms with Crippen LogP contribution in [-0.2, 0) is 15.8 Å². The fraction of sp³-hybridized carbons (Fsp3) is 0.235. The van der Waals surface area contributed by atoms with Crippen LogP contribution < -0.4 is 10.0 Å². The molecular formula is C17H16F3N3O3S. The Bertz CT molecular complexity index is 830. The van der Waals surface area contributed by atoms with Crippen LogP contribution in [0.3, 0.4) is 0 Å². The van der Waals surface area contributed by atoms with Gasteiger partial charge >= 0.3 is 6.18 Å². The maximum atomic E-state index is 12.9. The van der Waals surface area contributed by atoms with Crippen molar-refractivity contribution in [1.29, 1.82) is 0 Å². The van der Waals surface area contributed by atoms with Gasteiger partial charge in [0.25, 0.3) is 5.03 Å². The predicted molar refractivity (Wildman–Crippen MR) is 93.8 cm³/mol. The van der Waals surface area contributed by atoms with Crippen LogP contribution in [0.4, 0.5) is 18.9 Å². The number of rotatable bonds is 6. The van der Waals surface area contributed by atoms with Gasteiger partial charge in [-0.15, -0.1) is 0 Å². The van der Waals surface area contributed by atoms with Gasteiger partial charge in [0, 0.05) is 19.2 Å². The zero-order valence-corrected chi connectivity index (χ0v) is 15.0. The highest BCUT2D eigenvalue weighted by Gasteiger charge is 2.33. The predicted octanol–water partition coefficient (Wildman–Crippen LogP) is 2.53. The van der Waals surface area contributed by atoms with Crippen LogP contribution in [0.2, 0.25) is 0 Å². The van der Waals surface area contributed by atoms with Gasteiger partial charge in [0.1, 0.15) is 0 Å². The number of nitrogens with one attached hydrogen (secondary N) is 1. The summed E-state index contributed by atoms with van der Waals surface area (Å²) in [6.45, 7) is -0.419. The number of benzene rings is 1. The average molecular weight is 399 g/mol. The van der Waals surface area contributed by atoms with Crippen LogP contribution in [0.25, 0.3) is 0 Å². The molecule has 0 aliphatic heterocycles. The largest absolute Gasteiger partial charge is 0.618 e. The van der Waals surface area contributed by atoms with E-state index in [0.29, 0.717) is 9.76 Å². The molecule has 1 heterocycles. The molecule has 0 atom stereocenters. The third-order valence-corrected chi connectivity index (χ3v) is 4.45. The first-order valence-electron chi connectivity index (χ1n) is 7.69. The van der Waals surface area contributed by atoms with E-state index >= 15 is 0 Å². The fourth-order valence-corrected chi connectivity index (χ4v) is 2.96. The molecule has 0 saturated carbocycles. The number of hydrogen-bond acceptors (Lipinski definition) is 4. The van der Waals surface area contributed by atoms with Crippen molar-refractivity contribution in [2.45, 2.75) is 11.2 Å². The lowest BCUT2D eigenvalue weighted by Crippen LogP contribution is -2.36. The fourth-order valence-electron chi connectivity index (χ4n) is 2.10. The van der Waals surface area contributed by atoms with Crippen molar-refractivity contribution in [2.24, 2.45) is 0 Å². The minimum atomic E-state index is -4.61. The van der Waals surface area contributed by atoms with E-state index in [1.807, 2.05) is 0 Å². The molecule has 0 aliphatic rings. The zero-order chi connectivity index (χ0) is 20.0. The summed E-state index contributed by atoms with van der Waals surface area (Å²) >= 11 is 0.999. The molecule has 1 N–H and O–H groups in total. The van der Waals surface area contributed by atoms with E-state index in [-0.39, 0.29) is 11.4 Å². The molecule has 0 radical (unpaired) electrons. The van der Waals surface area contributed by atoms with Gasteiger partial charge in [0.2, 0.25) is 11.8 Å². The van der Waals surface area contributed by atoms with E-state index in [1.54, 1.807) is 18.2 Å². The molecule has 144 valence electrons. The minimum Gasteiger partial charge on any atom is -0.618 e. The highest BCUT2D eigenvalue weighted by molar-refractivity contribution is 7.99. The van der Waals surface area contributed by atoms with E-state index in [2.05, 4.69) is 5.32 Å². The number of thioether (sulfide) groups is 1. The molecule has 2 amide bonds. The lowest BCUT2D eigenvalue weighted by atomic mass is 10.1. The second-order valence-corrected chi connectivity index (χ2v) is 6.49. The Balaban J connectivity index is 1.92. The first-order valence-corrected chi connectivity index (χ1v) is 8.68. The molecule has 0 bridgehead atoms. The number of para-hydroxylation sites is 1. The number of halogens is 3. The number of amides is 2. The number of alkyl halides is 3. The van der Waals surface area contributed by atoms with Crippen molar-refractivity contribution in [3.8, 4) is 0 Å². The monoisotopic (exact) mass is 399 g/mol. The third kappa shape index (κ3) is 5.88. The third-order valence-electron chi connectivity index (χ3n) is 3.45. The summed E-state index contributed by atoms with van der Waals surface area (Å²) in [5.41, 5.74) is -1.34. The van der Waals surface area contributed by atoms with Gasteiger partial charge < -0.3 is 15.4 Å². The van der Waals surface area contributed by atoms with E-state index in [9.17, 15) is 28.0 Å². The minimum absolute atomic E-state index is 0.0881. The molecule has 1 aromatic carbocycles. The molecule has 10 heteroatoms. The Kier molecular flexibility index (Phi) is 6.67. The summed E-state index contributed by atoms with van der Waals surface area (Å²) in [5.74, 6) is -1.29. The normalized spacial score (nSPS) is 11.1. The lowest BCUT2D eigenvalue weighted by molar-refractivity contribution is -0.645. The average Bonchev–Trinajstić information content (AvgIpc) is 2.60. The summed E-state index contributed by atoms with van der Waals surface area (Å²) in [6, 6.07) is 9.34. The van der Waals surface area contributed by atoms with Gasteiger partial charge in [-0.05, 0) is 30.0 Å². The van der Waals surface area contributed by atoms with Crippen LogP contribution in [0, 0.1) is 5.21 Å². The van der Waals surface area contributed by atoms with Crippen molar-refractivity contribution < 1.29 is 27.5 Å². The lowest BCUT2D eigenvalue weighted by Gasteiger charge is -2.18. The van der Waals surface area contributed by atoms with E-state index in [4.69, 9.17) is 0 Å². The molecular weight excluding hydrogens is 383 g/mol. The molecule has 2 rings (SSSR count). The number of aromatic nitrogens is 1. The second-order valence-electron chi connectivity index (χ2n) is 5.49. The van der Waals surface area contributed by atoms with Crippen LogP contribution in [0.15, 0.2) is 53.7 Å². The summed E-state index contributed by atoms with van der Waals surface area (Å²) in [4.78, 5) is 25.2. The summed E-state index contributed by atoms with van der Waals surface area (Å²) < 4.78 is 39.4. The standard InChI is InChI=1S/C17H16F3N3O3S/c1-22(15(25)11-27-16-8-4-5-9-23(16)26)10-14(24)21-13-7-3-2-6-12(13)17(18,19)20/h2-9H,10-11H2,1H3,(H,21,24). The molecule has 0 saturated heterocycles. The van der Waals surface area contributed by atoms with Crippen molar-refractivity contribution >= 4 is 29.3 Å². The first kappa shape index (κ1) is 20.6. The topological polar surface area (TPSA) is 76.4 Å². The number of likely N-dealkylation sites (N-methyl/N-ethyl adjacent to an activating group) is 1. The molecule has 0 unspecified atom stereocenters. The molecule has 0 aliphatic carbocycles. The van der Waals surface area contributed by atoms with Crippen molar-refractivity contribution in [3.63, 3.8) is 0 Å². The van der Waals surface area contributed by atoms with E-state index < -0.39 is 30.1 Å². The highest BCUT2D eigenvalue weighted by Crippen LogP contribution is 2.34.